The molecule has 2 aromatic rings. The van der Waals surface area contributed by atoms with Crippen molar-refractivity contribution in [2.45, 2.75) is 19.5 Å². The summed E-state index contributed by atoms with van der Waals surface area (Å²) >= 11 is 0. The van der Waals surface area contributed by atoms with Crippen molar-refractivity contribution in [2.24, 2.45) is 0 Å². The van der Waals surface area contributed by atoms with Gasteiger partial charge in [-0.25, -0.2) is 4.98 Å². The molecule has 1 atom stereocenters. The molecular weight excluding hydrogens is 304 g/mol. The summed E-state index contributed by atoms with van der Waals surface area (Å²) in [5, 5.41) is 0. The number of amides is 2. The highest BCUT2D eigenvalue weighted by Gasteiger charge is 2.29. The van der Waals surface area contributed by atoms with E-state index in [0.29, 0.717) is 12.1 Å². The number of likely N-dealkylation sites (N-methyl/N-ethyl adjacent to an activating group) is 1. The van der Waals surface area contributed by atoms with E-state index in [1.54, 1.807) is 37.5 Å². The van der Waals surface area contributed by atoms with E-state index in [-0.39, 0.29) is 17.9 Å². The molecule has 6 nitrogen and oxygen atoms in total. The fourth-order valence-electron chi connectivity index (χ4n) is 2.96. The first-order valence-corrected chi connectivity index (χ1v) is 7.85. The Bertz CT molecular complexity index is 779. The van der Waals surface area contributed by atoms with Crippen molar-refractivity contribution in [1.82, 2.24) is 14.5 Å². The summed E-state index contributed by atoms with van der Waals surface area (Å²) in [7, 11) is 1.67. The van der Waals surface area contributed by atoms with Crippen molar-refractivity contribution in [3.05, 3.63) is 60.7 Å². The number of rotatable bonds is 3. The Morgan fingerprint density at radius 3 is 2.67 bits per heavy atom. The number of aromatic nitrogens is 2. The highest BCUT2D eigenvalue weighted by molar-refractivity contribution is 6.01. The van der Waals surface area contributed by atoms with Crippen LogP contribution >= 0.6 is 0 Å². The molecule has 0 radical (unpaired) electrons. The van der Waals surface area contributed by atoms with Crippen molar-refractivity contribution in [2.75, 3.05) is 18.5 Å². The molecule has 6 heteroatoms. The smallest absolute Gasteiger partial charge is 0.254 e. The Morgan fingerprint density at radius 2 is 2.00 bits per heavy atom. The van der Waals surface area contributed by atoms with Gasteiger partial charge in [-0.05, 0) is 37.3 Å². The molecule has 1 aliphatic rings. The first-order valence-electron chi connectivity index (χ1n) is 7.85. The molecule has 0 saturated carbocycles. The molecule has 0 spiro atoms. The van der Waals surface area contributed by atoms with Gasteiger partial charge in [-0.2, -0.15) is 0 Å². The van der Waals surface area contributed by atoms with Crippen LogP contribution in [0.1, 0.15) is 29.1 Å². The molecule has 0 saturated heterocycles. The number of hydrogen-bond donors (Lipinski definition) is 0. The predicted octanol–water partition coefficient (Wildman–Crippen LogP) is 2.25. The summed E-state index contributed by atoms with van der Waals surface area (Å²) in [6.45, 7) is 6.87. The topological polar surface area (TPSA) is 58.4 Å². The van der Waals surface area contributed by atoms with Crippen LogP contribution < -0.4 is 4.90 Å². The summed E-state index contributed by atoms with van der Waals surface area (Å²) in [6, 6.07) is 6.97. The van der Waals surface area contributed by atoms with Crippen molar-refractivity contribution in [3.8, 4) is 0 Å². The van der Waals surface area contributed by atoms with Gasteiger partial charge in [0.25, 0.3) is 5.91 Å². The molecule has 0 bridgehead atoms. The average molecular weight is 324 g/mol. The minimum absolute atomic E-state index is 0.0269. The van der Waals surface area contributed by atoms with Gasteiger partial charge in [-0.1, -0.05) is 6.58 Å². The van der Waals surface area contributed by atoms with Gasteiger partial charge >= 0.3 is 0 Å². The van der Waals surface area contributed by atoms with E-state index < -0.39 is 0 Å². The maximum absolute atomic E-state index is 12.8. The number of benzene rings is 1. The normalized spacial score (nSPS) is 16.4. The fraction of sp³-hybridized carbons (Fsp3) is 0.278. The maximum Gasteiger partial charge on any atom is 0.254 e. The molecule has 3 rings (SSSR count). The zero-order chi connectivity index (χ0) is 17.3. The number of imidazole rings is 1. The molecular formula is C18H20N4O2. The van der Waals surface area contributed by atoms with E-state index >= 15 is 0 Å². The van der Waals surface area contributed by atoms with Crippen LogP contribution in [0.2, 0.25) is 0 Å². The quantitative estimate of drug-likeness (QED) is 0.814. The number of fused-ring (bicyclic) bond motifs is 1. The van der Waals surface area contributed by atoms with Crippen molar-refractivity contribution in [3.63, 3.8) is 0 Å². The molecule has 124 valence electrons. The molecule has 1 aromatic heterocycles. The molecule has 0 aliphatic carbocycles. The standard InChI is InChI=1S/C18H20N4O2/c1-4-16(23)20(3)15-7-5-14(6-8-15)18(24)22-12-11-21-10-9-19-17(21)13(22)2/h4-10,13H,1,11-12H2,2-3H3. The Kier molecular flexibility index (Phi) is 4.20. The van der Waals surface area contributed by atoms with E-state index in [2.05, 4.69) is 16.1 Å². The van der Waals surface area contributed by atoms with E-state index in [4.69, 9.17) is 0 Å². The lowest BCUT2D eigenvalue weighted by Crippen LogP contribution is -2.41. The van der Waals surface area contributed by atoms with Gasteiger partial charge in [0.15, 0.2) is 0 Å². The highest BCUT2D eigenvalue weighted by atomic mass is 16.2. The summed E-state index contributed by atoms with van der Waals surface area (Å²) in [6.07, 6.45) is 4.96. The minimum atomic E-state index is -0.189. The molecule has 1 aromatic carbocycles. The van der Waals surface area contributed by atoms with Gasteiger partial charge in [0, 0.05) is 43.8 Å². The van der Waals surface area contributed by atoms with E-state index in [1.807, 2.05) is 18.0 Å². The lowest BCUT2D eigenvalue weighted by molar-refractivity contribution is -0.113. The van der Waals surface area contributed by atoms with Crippen LogP contribution in [0.5, 0.6) is 0 Å². The largest absolute Gasteiger partial charge is 0.331 e. The van der Waals surface area contributed by atoms with Crippen LogP contribution in [0, 0.1) is 0 Å². The van der Waals surface area contributed by atoms with Crippen molar-refractivity contribution in [1.29, 1.82) is 0 Å². The Hall–Kier alpha value is -2.89. The van der Waals surface area contributed by atoms with Crippen LogP contribution in [0.3, 0.4) is 0 Å². The van der Waals surface area contributed by atoms with Crippen LogP contribution in [0.4, 0.5) is 5.69 Å². The zero-order valence-corrected chi connectivity index (χ0v) is 13.8. The average Bonchev–Trinajstić information content (AvgIpc) is 3.10. The third-order valence-corrected chi connectivity index (χ3v) is 4.44. The molecule has 2 heterocycles. The number of carbonyl (C=O) groups is 2. The second-order valence-corrected chi connectivity index (χ2v) is 5.80. The summed E-state index contributed by atoms with van der Waals surface area (Å²) in [4.78, 5) is 32.1. The number of hydrogen-bond acceptors (Lipinski definition) is 3. The van der Waals surface area contributed by atoms with Crippen LogP contribution in [-0.4, -0.2) is 39.9 Å². The Balaban J connectivity index is 1.79. The zero-order valence-electron chi connectivity index (χ0n) is 13.8. The van der Waals surface area contributed by atoms with Crippen molar-refractivity contribution < 1.29 is 9.59 Å². The first-order chi connectivity index (χ1) is 11.5. The molecule has 24 heavy (non-hydrogen) atoms. The lowest BCUT2D eigenvalue weighted by Gasteiger charge is -2.34. The van der Waals surface area contributed by atoms with Crippen LogP contribution in [-0.2, 0) is 11.3 Å². The van der Waals surface area contributed by atoms with Gasteiger partial charge < -0.3 is 14.4 Å². The van der Waals surface area contributed by atoms with Gasteiger partial charge in [0.1, 0.15) is 5.82 Å². The van der Waals surface area contributed by atoms with Crippen LogP contribution in [0.25, 0.3) is 0 Å². The number of carbonyl (C=O) groups excluding carboxylic acids is 2. The third-order valence-electron chi connectivity index (χ3n) is 4.44. The molecule has 1 unspecified atom stereocenters. The maximum atomic E-state index is 12.8. The summed E-state index contributed by atoms with van der Waals surface area (Å²) < 4.78 is 2.08. The summed E-state index contributed by atoms with van der Waals surface area (Å²) in [5.74, 6) is 0.689. The van der Waals surface area contributed by atoms with Crippen LogP contribution in [0.15, 0.2) is 49.3 Å². The highest BCUT2D eigenvalue weighted by Crippen LogP contribution is 2.25. The fourth-order valence-corrected chi connectivity index (χ4v) is 2.96. The van der Waals surface area contributed by atoms with Gasteiger partial charge in [0.05, 0.1) is 6.04 Å². The van der Waals surface area contributed by atoms with Gasteiger partial charge in [0.2, 0.25) is 5.91 Å². The second kappa shape index (κ2) is 6.31. The van der Waals surface area contributed by atoms with Gasteiger partial charge in [-0.3, -0.25) is 9.59 Å². The van der Waals surface area contributed by atoms with E-state index in [9.17, 15) is 9.59 Å². The molecule has 1 aliphatic heterocycles. The first kappa shape index (κ1) is 16.0. The molecule has 2 amide bonds. The number of anilines is 1. The SMILES string of the molecule is C=CC(=O)N(C)c1ccc(C(=O)N2CCn3ccnc3C2C)cc1. The minimum Gasteiger partial charge on any atom is -0.331 e. The van der Waals surface area contributed by atoms with E-state index in [0.717, 1.165) is 18.1 Å². The second-order valence-electron chi connectivity index (χ2n) is 5.80. The monoisotopic (exact) mass is 324 g/mol. The van der Waals surface area contributed by atoms with Gasteiger partial charge in [-0.15, -0.1) is 0 Å². The third kappa shape index (κ3) is 2.71. The Morgan fingerprint density at radius 1 is 1.29 bits per heavy atom. The number of nitrogens with zero attached hydrogens (tertiary/aromatic N) is 4. The summed E-state index contributed by atoms with van der Waals surface area (Å²) in [5.41, 5.74) is 1.32. The predicted molar refractivity (Wildman–Crippen MR) is 91.7 cm³/mol. The Labute approximate surface area is 141 Å². The molecule has 0 fully saturated rings. The lowest BCUT2D eigenvalue weighted by atomic mass is 10.1. The van der Waals surface area contributed by atoms with Crippen molar-refractivity contribution >= 4 is 17.5 Å². The molecule has 0 N–H and O–H groups in total. The van der Waals surface area contributed by atoms with E-state index in [1.165, 1.54) is 11.0 Å².